The normalized spacial score (nSPS) is 24.9. The van der Waals surface area contributed by atoms with Crippen LogP contribution in [0.5, 0.6) is 0 Å². The maximum atomic E-state index is 14.4. The van der Waals surface area contributed by atoms with Crippen LogP contribution in [0.25, 0.3) is 0 Å². The van der Waals surface area contributed by atoms with Crippen molar-refractivity contribution in [2.24, 2.45) is 23.5 Å². The molecule has 7 heteroatoms. The van der Waals surface area contributed by atoms with Crippen LogP contribution in [-0.4, -0.2) is 43.5 Å². The van der Waals surface area contributed by atoms with Crippen molar-refractivity contribution in [1.29, 1.82) is 0 Å². The lowest BCUT2D eigenvalue weighted by molar-refractivity contribution is -0.123. The number of amides is 1. The van der Waals surface area contributed by atoms with Crippen molar-refractivity contribution in [3.05, 3.63) is 28.0 Å². The third-order valence-electron chi connectivity index (χ3n) is 6.63. The number of hydrogen-bond acceptors (Lipinski definition) is 3. The van der Waals surface area contributed by atoms with Crippen molar-refractivity contribution >= 4 is 34.8 Å². The van der Waals surface area contributed by atoms with Crippen molar-refractivity contribution in [1.82, 2.24) is 4.90 Å². The molecule has 2 fully saturated rings. The first kappa shape index (κ1) is 21.7. The quantitative estimate of drug-likeness (QED) is 0.673. The maximum absolute atomic E-state index is 14.4. The number of nitrogens with two attached hydrogens (primary N) is 1. The molecule has 1 heterocycles. The van der Waals surface area contributed by atoms with E-state index < -0.39 is 5.82 Å². The van der Waals surface area contributed by atoms with E-state index in [1.54, 1.807) is 12.1 Å². The van der Waals surface area contributed by atoms with Crippen LogP contribution in [-0.2, 0) is 4.79 Å². The maximum Gasteiger partial charge on any atom is 0.220 e. The van der Waals surface area contributed by atoms with Gasteiger partial charge < -0.3 is 10.6 Å². The van der Waals surface area contributed by atoms with Gasteiger partial charge in [0.15, 0.2) is 5.82 Å². The van der Waals surface area contributed by atoms with Crippen molar-refractivity contribution in [3.8, 4) is 0 Å². The molecule has 28 heavy (non-hydrogen) atoms. The van der Waals surface area contributed by atoms with Gasteiger partial charge in [0.2, 0.25) is 5.91 Å². The number of benzene rings is 1. The van der Waals surface area contributed by atoms with Crippen LogP contribution >= 0.6 is 23.2 Å². The minimum atomic E-state index is -0.426. The summed E-state index contributed by atoms with van der Waals surface area (Å²) in [4.78, 5) is 15.9. The molecule has 1 aromatic rings. The number of nitrogens with zero attached hydrogens (tertiary/aromatic N) is 2. The second kappa shape index (κ2) is 9.64. The SMILES string of the molecule is CC(C(N)=O)C1CCC(CCN2CCN(c3ccc(Cl)c(Cl)c3F)CC2)CC1. The summed E-state index contributed by atoms with van der Waals surface area (Å²) < 4.78 is 14.4. The van der Waals surface area contributed by atoms with Gasteiger partial charge in [-0.2, -0.15) is 0 Å². The summed E-state index contributed by atoms with van der Waals surface area (Å²) in [6.07, 6.45) is 5.80. The predicted molar refractivity (Wildman–Crippen MR) is 113 cm³/mol. The van der Waals surface area contributed by atoms with Crippen molar-refractivity contribution in [3.63, 3.8) is 0 Å². The van der Waals surface area contributed by atoms with Gasteiger partial charge in [-0.15, -0.1) is 0 Å². The fraction of sp³-hybridized carbons (Fsp3) is 0.667. The van der Waals surface area contributed by atoms with Crippen molar-refractivity contribution < 1.29 is 9.18 Å². The summed E-state index contributed by atoms with van der Waals surface area (Å²) in [7, 11) is 0. The third-order valence-corrected chi connectivity index (χ3v) is 7.41. The van der Waals surface area contributed by atoms with Gasteiger partial charge in [0.1, 0.15) is 0 Å². The van der Waals surface area contributed by atoms with E-state index in [1.807, 2.05) is 11.8 Å². The van der Waals surface area contributed by atoms with Gasteiger partial charge in [-0.1, -0.05) is 43.0 Å². The Morgan fingerprint density at radius 1 is 1.18 bits per heavy atom. The molecule has 0 aromatic heterocycles. The highest BCUT2D eigenvalue weighted by Crippen LogP contribution is 2.35. The molecule has 1 atom stereocenters. The Balaban J connectivity index is 1.41. The highest BCUT2D eigenvalue weighted by atomic mass is 35.5. The van der Waals surface area contributed by atoms with E-state index in [0.29, 0.717) is 11.6 Å². The number of rotatable bonds is 6. The summed E-state index contributed by atoms with van der Waals surface area (Å²) in [6, 6.07) is 3.37. The second-order valence-electron chi connectivity index (χ2n) is 8.28. The molecular weight excluding hydrogens is 400 g/mol. The van der Waals surface area contributed by atoms with Crippen LogP contribution in [0.2, 0.25) is 10.0 Å². The summed E-state index contributed by atoms with van der Waals surface area (Å²) in [5.41, 5.74) is 5.99. The van der Waals surface area contributed by atoms with E-state index in [0.717, 1.165) is 51.5 Å². The molecule has 1 aliphatic carbocycles. The zero-order chi connectivity index (χ0) is 20.3. The number of piperazine rings is 1. The van der Waals surface area contributed by atoms with Crippen LogP contribution in [0.1, 0.15) is 39.0 Å². The molecule has 3 rings (SSSR count). The number of carbonyl (C=O) groups is 1. The summed E-state index contributed by atoms with van der Waals surface area (Å²) in [6.45, 7) is 6.47. The number of carbonyl (C=O) groups excluding carboxylic acids is 1. The lowest BCUT2D eigenvalue weighted by atomic mass is 9.75. The van der Waals surface area contributed by atoms with E-state index in [4.69, 9.17) is 28.9 Å². The lowest BCUT2D eigenvalue weighted by Gasteiger charge is -2.37. The summed E-state index contributed by atoms with van der Waals surface area (Å²) in [5.74, 6) is 0.598. The standard InChI is InChI=1S/C21H30Cl2FN3O/c1-14(21(25)28)16-4-2-15(3-5-16)8-9-26-10-12-27(13-11-26)18-7-6-17(22)19(23)20(18)24/h6-7,14-16H,2-5,8-13H2,1H3,(H2,25,28). The van der Waals surface area contributed by atoms with Gasteiger partial charge >= 0.3 is 0 Å². The molecule has 0 bridgehead atoms. The van der Waals surface area contributed by atoms with E-state index >= 15 is 0 Å². The molecular formula is C21H30Cl2FN3O. The highest BCUT2D eigenvalue weighted by Gasteiger charge is 2.28. The third kappa shape index (κ3) is 5.11. The number of primary amides is 1. The van der Waals surface area contributed by atoms with Crippen LogP contribution in [0, 0.1) is 23.6 Å². The largest absolute Gasteiger partial charge is 0.369 e. The first-order valence-electron chi connectivity index (χ1n) is 10.3. The van der Waals surface area contributed by atoms with Crippen molar-refractivity contribution in [2.45, 2.75) is 39.0 Å². The second-order valence-corrected chi connectivity index (χ2v) is 9.07. The average Bonchev–Trinajstić information content (AvgIpc) is 2.71. The van der Waals surface area contributed by atoms with Crippen molar-refractivity contribution in [2.75, 3.05) is 37.6 Å². The fourth-order valence-corrected chi connectivity index (χ4v) is 4.85. The Morgan fingerprint density at radius 2 is 1.82 bits per heavy atom. The van der Waals surface area contributed by atoms with E-state index in [2.05, 4.69) is 4.90 Å². The van der Waals surface area contributed by atoms with E-state index in [9.17, 15) is 9.18 Å². The van der Waals surface area contributed by atoms with Gasteiger partial charge in [-0.25, -0.2) is 4.39 Å². The van der Waals surface area contributed by atoms with Gasteiger partial charge in [0.25, 0.3) is 0 Å². The Labute approximate surface area is 177 Å². The number of anilines is 1. The molecule has 2 aliphatic rings. The molecule has 0 radical (unpaired) electrons. The summed E-state index contributed by atoms with van der Waals surface area (Å²) in [5, 5.41) is 0.254. The zero-order valence-electron chi connectivity index (χ0n) is 16.5. The smallest absolute Gasteiger partial charge is 0.220 e. The molecule has 2 N–H and O–H groups in total. The molecule has 4 nitrogen and oxygen atoms in total. The van der Waals surface area contributed by atoms with Crippen LogP contribution in [0.4, 0.5) is 10.1 Å². The molecule has 156 valence electrons. The minimum Gasteiger partial charge on any atom is -0.369 e. The Morgan fingerprint density at radius 3 is 2.43 bits per heavy atom. The topological polar surface area (TPSA) is 49.6 Å². The first-order chi connectivity index (χ1) is 13.4. The Kier molecular flexibility index (Phi) is 7.46. The van der Waals surface area contributed by atoms with Gasteiger partial charge in [0.05, 0.1) is 15.7 Å². The number of hydrogen-bond donors (Lipinski definition) is 1. The minimum absolute atomic E-state index is 0.00264. The van der Waals surface area contributed by atoms with Crippen LogP contribution in [0.3, 0.4) is 0 Å². The molecule has 1 aliphatic heterocycles. The summed E-state index contributed by atoms with van der Waals surface area (Å²) >= 11 is 11.8. The first-order valence-corrected chi connectivity index (χ1v) is 11.0. The van der Waals surface area contributed by atoms with Gasteiger partial charge in [-0.05, 0) is 49.8 Å². The zero-order valence-corrected chi connectivity index (χ0v) is 18.0. The van der Waals surface area contributed by atoms with Crippen LogP contribution < -0.4 is 10.6 Å². The fourth-order valence-electron chi connectivity index (χ4n) is 4.55. The van der Waals surface area contributed by atoms with Gasteiger partial charge in [0, 0.05) is 32.1 Å². The predicted octanol–water partition coefficient (Wildman–Crippen LogP) is 4.57. The monoisotopic (exact) mass is 429 g/mol. The molecule has 0 spiro atoms. The van der Waals surface area contributed by atoms with Crippen LogP contribution in [0.15, 0.2) is 12.1 Å². The lowest BCUT2D eigenvalue weighted by Crippen LogP contribution is -2.47. The van der Waals surface area contributed by atoms with E-state index in [1.165, 1.54) is 19.3 Å². The highest BCUT2D eigenvalue weighted by molar-refractivity contribution is 6.42. The molecule has 1 aromatic carbocycles. The molecule has 1 unspecified atom stereocenters. The molecule has 1 saturated heterocycles. The Hall–Kier alpha value is -1.04. The molecule has 1 amide bonds. The average molecular weight is 430 g/mol. The Bertz CT molecular complexity index is 686. The number of halogens is 3. The van der Waals surface area contributed by atoms with Gasteiger partial charge in [-0.3, -0.25) is 9.69 Å². The molecule has 1 saturated carbocycles. The van der Waals surface area contributed by atoms with E-state index in [-0.39, 0.29) is 21.9 Å².